The molecule has 0 spiro atoms. The van der Waals surface area contributed by atoms with Gasteiger partial charge < -0.3 is 19.7 Å². The third-order valence-electron chi connectivity index (χ3n) is 3.75. The molecule has 1 atom stereocenters. The van der Waals surface area contributed by atoms with Crippen molar-refractivity contribution in [3.8, 4) is 17.2 Å². The molecule has 2 aromatic rings. The van der Waals surface area contributed by atoms with Crippen molar-refractivity contribution in [2.75, 3.05) is 13.7 Å². The van der Waals surface area contributed by atoms with Gasteiger partial charge in [-0.05, 0) is 29.8 Å². The van der Waals surface area contributed by atoms with E-state index in [0.717, 1.165) is 5.56 Å². The number of aromatic hydroxyl groups is 1. The molecule has 5 nitrogen and oxygen atoms in total. The number of rotatable bonds is 3. The van der Waals surface area contributed by atoms with Crippen LogP contribution in [0.5, 0.6) is 17.2 Å². The summed E-state index contributed by atoms with van der Waals surface area (Å²) < 4.78 is 10.5. The first kappa shape index (κ1) is 14.4. The Labute approximate surface area is 127 Å². The number of phenolic OH excluding ortho intramolecular Hbond substituents is 1. The van der Waals surface area contributed by atoms with Gasteiger partial charge in [0.1, 0.15) is 23.9 Å². The molecule has 0 radical (unpaired) electrons. The second-order valence-corrected chi connectivity index (χ2v) is 5.35. The van der Waals surface area contributed by atoms with Crippen molar-refractivity contribution in [1.82, 2.24) is 0 Å². The molecule has 2 aromatic carbocycles. The quantitative estimate of drug-likeness (QED) is 0.906. The molecule has 5 heteroatoms. The second-order valence-electron chi connectivity index (χ2n) is 5.35. The van der Waals surface area contributed by atoms with Crippen LogP contribution < -0.4 is 9.47 Å². The lowest BCUT2D eigenvalue weighted by molar-refractivity contribution is -0.00199. The summed E-state index contributed by atoms with van der Waals surface area (Å²) in [7, 11) is 1.58. The van der Waals surface area contributed by atoms with Crippen molar-refractivity contribution < 1.29 is 24.5 Å². The molecule has 22 heavy (non-hydrogen) atoms. The minimum Gasteiger partial charge on any atom is -0.508 e. The third-order valence-corrected chi connectivity index (χ3v) is 3.75. The Morgan fingerprint density at radius 2 is 1.95 bits per heavy atom. The highest BCUT2D eigenvalue weighted by atomic mass is 16.5. The van der Waals surface area contributed by atoms with Crippen LogP contribution >= 0.6 is 0 Å². The fourth-order valence-corrected chi connectivity index (χ4v) is 2.54. The molecule has 1 aliphatic heterocycles. The number of hydrogen-bond donors (Lipinski definition) is 2. The van der Waals surface area contributed by atoms with Gasteiger partial charge in [0.15, 0.2) is 5.60 Å². The maximum atomic E-state index is 12.5. The van der Waals surface area contributed by atoms with Crippen molar-refractivity contribution in [3.05, 3.63) is 53.6 Å². The SMILES string of the molecule is COc1ccc(C[C@]2(O)COc3cc(O)ccc3C2=O)cc1. The van der Waals surface area contributed by atoms with Gasteiger partial charge in [-0.15, -0.1) is 0 Å². The number of fused-ring (bicyclic) bond motifs is 1. The molecule has 2 N–H and O–H groups in total. The normalized spacial score (nSPS) is 20.2. The van der Waals surface area contributed by atoms with Crippen molar-refractivity contribution >= 4 is 5.78 Å². The Morgan fingerprint density at radius 3 is 2.64 bits per heavy atom. The minimum atomic E-state index is -1.61. The molecule has 0 bridgehead atoms. The molecule has 1 heterocycles. The first-order valence-corrected chi connectivity index (χ1v) is 6.88. The maximum absolute atomic E-state index is 12.5. The minimum absolute atomic E-state index is 0.0205. The fourth-order valence-electron chi connectivity index (χ4n) is 2.54. The highest BCUT2D eigenvalue weighted by molar-refractivity contribution is 6.05. The molecule has 3 rings (SSSR count). The molecule has 0 unspecified atom stereocenters. The molecule has 0 amide bonds. The first-order valence-electron chi connectivity index (χ1n) is 6.88. The van der Waals surface area contributed by atoms with Crippen LogP contribution in [0.25, 0.3) is 0 Å². The lowest BCUT2D eigenvalue weighted by Crippen LogP contribution is -2.49. The number of methoxy groups -OCH3 is 1. The average molecular weight is 300 g/mol. The van der Waals surface area contributed by atoms with Crippen LogP contribution in [0.4, 0.5) is 0 Å². The summed E-state index contributed by atoms with van der Waals surface area (Å²) in [4.78, 5) is 12.5. The Balaban J connectivity index is 1.86. The lowest BCUT2D eigenvalue weighted by atomic mass is 9.85. The summed E-state index contributed by atoms with van der Waals surface area (Å²) in [6, 6.07) is 11.4. The largest absolute Gasteiger partial charge is 0.508 e. The Bertz CT molecular complexity index is 707. The first-order chi connectivity index (χ1) is 10.5. The molecular formula is C17H16O5. The van der Waals surface area contributed by atoms with Gasteiger partial charge in [0.2, 0.25) is 5.78 Å². The van der Waals surface area contributed by atoms with Crippen molar-refractivity contribution in [2.24, 2.45) is 0 Å². The van der Waals surface area contributed by atoms with E-state index in [1.54, 1.807) is 31.4 Å². The van der Waals surface area contributed by atoms with E-state index in [1.807, 2.05) is 0 Å². The zero-order valence-corrected chi connectivity index (χ0v) is 12.1. The summed E-state index contributed by atoms with van der Waals surface area (Å²) in [5, 5.41) is 20.1. The van der Waals surface area contributed by atoms with Crippen molar-refractivity contribution in [2.45, 2.75) is 12.0 Å². The summed E-state index contributed by atoms with van der Waals surface area (Å²) in [5.74, 6) is 0.629. The predicted octanol–water partition coefficient (Wildman–Crippen LogP) is 1.95. The van der Waals surface area contributed by atoms with Gasteiger partial charge in [0.25, 0.3) is 0 Å². The maximum Gasteiger partial charge on any atom is 0.201 e. The van der Waals surface area contributed by atoms with Crippen LogP contribution in [0.1, 0.15) is 15.9 Å². The van der Waals surface area contributed by atoms with Crippen LogP contribution in [-0.2, 0) is 6.42 Å². The van der Waals surface area contributed by atoms with Crippen LogP contribution in [0.2, 0.25) is 0 Å². The van der Waals surface area contributed by atoms with E-state index in [1.165, 1.54) is 18.2 Å². The molecular weight excluding hydrogens is 284 g/mol. The van der Waals surface area contributed by atoms with Gasteiger partial charge in [0.05, 0.1) is 12.7 Å². The zero-order valence-electron chi connectivity index (χ0n) is 12.1. The Kier molecular flexibility index (Phi) is 3.50. The summed E-state index contributed by atoms with van der Waals surface area (Å²) in [6.07, 6.45) is 0.149. The van der Waals surface area contributed by atoms with Crippen LogP contribution in [0, 0.1) is 0 Å². The van der Waals surface area contributed by atoms with E-state index >= 15 is 0 Å². The van der Waals surface area contributed by atoms with Crippen molar-refractivity contribution in [1.29, 1.82) is 0 Å². The number of benzene rings is 2. The average Bonchev–Trinajstić information content (AvgIpc) is 2.52. The number of carbonyl (C=O) groups excluding carboxylic acids is 1. The van der Waals surface area contributed by atoms with E-state index in [0.29, 0.717) is 11.5 Å². The molecule has 1 aliphatic rings. The van der Waals surface area contributed by atoms with Gasteiger partial charge in [0, 0.05) is 12.5 Å². The Hall–Kier alpha value is -2.53. The van der Waals surface area contributed by atoms with E-state index in [-0.39, 0.29) is 24.3 Å². The number of Topliss-reactive ketones (excluding diaryl/α,β-unsaturated/α-hetero) is 1. The molecule has 0 aromatic heterocycles. The molecule has 114 valence electrons. The lowest BCUT2D eigenvalue weighted by Gasteiger charge is -2.32. The summed E-state index contributed by atoms with van der Waals surface area (Å²) >= 11 is 0. The van der Waals surface area contributed by atoms with E-state index in [9.17, 15) is 15.0 Å². The number of ketones is 1. The van der Waals surface area contributed by atoms with E-state index < -0.39 is 11.4 Å². The third kappa shape index (κ3) is 2.51. The van der Waals surface area contributed by atoms with Gasteiger partial charge in [-0.25, -0.2) is 0 Å². The highest BCUT2D eigenvalue weighted by Crippen LogP contribution is 2.34. The topological polar surface area (TPSA) is 76.0 Å². The monoisotopic (exact) mass is 300 g/mol. The van der Waals surface area contributed by atoms with Gasteiger partial charge in [-0.3, -0.25) is 4.79 Å². The molecule has 0 aliphatic carbocycles. The molecule has 0 saturated heterocycles. The van der Waals surface area contributed by atoms with Gasteiger partial charge in [-0.1, -0.05) is 12.1 Å². The number of carbonyl (C=O) groups is 1. The Morgan fingerprint density at radius 1 is 1.23 bits per heavy atom. The van der Waals surface area contributed by atoms with E-state index in [2.05, 4.69) is 0 Å². The van der Waals surface area contributed by atoms with E-state index in [4.69, 9.17) is 9.47 Å². The molecule has 0 saturated carbocycles. The number of ether oxygens (including phenoxy) is 2. The summed E-state index contributed by atoms with van der Waals surface area (Å²) in [6.45, 7) is -0.145. The van der Waals surface area contributed by atoms with Crippen LogP contribution in [0.15, 0.2) is 42.5 Å². The number of phenols is 1. The van der Waals surface area contributed by atoms with Crippen LogP contribution in [-0.4, -0.2) is 35.3 Å². The predicted molar refractivity (Wildman–Crippen MR) is 79.6 cm³/mol. The van der Waals surface area contributed by atoms with Gasteiger partial charge >= 0.3 is 0 Å². The smallest absolute Gasteiger partial charge is 0.201 e. The number of aliphatic hydroxyl groups is 1. The van der Waals surface area contributed by atoms with Crippen LogP contribution in [0.3, 0.4) is 0 Å². The molecule has 0 fully saturated rings. The fraction of sp³-hybridized carbons (Fsp3) is 0.235. The highest BCUT2D eigenvalue weighted by Gasteiger charge is 2.42. The standard InChI is InChI=1S/C17H16O5/c1-21-13-5-2-11(3-6-13)9-17(20)10-22-15-8-12(18)4-7-14(15)16(17)19/h2-8,18,20H,9-10H2,1H3/t17-/m0/s1. The number of hydrogen-bond acceptors (Lipinski definition) is 5. The van der Waals surface area contributed by atoms with Gasteiger partial charge in [-0.2, -0.15) is 0 Å². The zero-order chi connectivity index (χ0) is 15.7. The van der Waals surface area contributed by atoms with Crippen molar-refractivity contribution in [3.63, 3.8) is 0 Å². The summed E-state index contributed by atoms with van der Waals surface area (Å²) in [5.41, 5.74) is -0.527. The second kappa shape index (κ2) is 5.35.